The third-order valence-corrected chi connectivity index (χ3v) is 3.60. The number of ketones is 1. The van der Waals surface area contributed by atoms with E-state index >= 15 is 0 Å². The van der Waals surface area contributed by atoms with Crippen molar-refractivity contribution in [2.75, 3.05) is 13.7 Å². The van der Waals surface area contributed by atoms with E-state index in [9.17, 15) is 13.6 Å². The lowest BCUT2D eigenvalue weighted by molar-refractivity contribution is -0.0244. The fourth-order valence-electron chi connectivity index (χ4n) is 2.50. The third-order valence-electron chi connectivity index (χ3n) is 3.60. The molecule has 110 valence electrons. The lowest BCUT2D eigenvalue weighted by Crippen LogP contribution is -2.29. The fraction of sp³-hybridized carbons (Fsp3) is 0.533. The van der Waals surface area contributed by atoms with Crippen LogP contribution in [-0.2, 0) is 9.47 Å². The summed E-state index contributed by atoms with van der Waals surface area (Å²) in [5, 5.41) is 0. The quantitative estimate of drug-likeness (QED) is 0.779. The molecule has 0 heterocycles. The Balaban J connectivity index is 1.92. The van der Waals surface area contributed by atoms with E-state index in [0.717, 1.165) is 31.4 Å². The molecule has 0 spiro atoms. The van der Waals surface area contributed by atoms with Gasteiger partial charge in [0, 0.05) is 7.11 Å². The zero-order chi connectivity index (χ0) is 14.5. The molecule has 0 aromatic heterocycles. The second kappa shape index (κ2) is 6.90. The number of halogens is 2. The summed E-state index contributed by atoms with van der Waals surface area (Å²) in [6.07, 6.45) is 3.54. The van der Waals surface area contributed by atoms with Crippen LogP contribution in [0.1, 0.15) is 36.0 Å². The largest absolute Gasteiger partial charge is 0.381 e. The minimum atomic E-state index is -0.850. The van der Waals surface area contributed by atoms with Gasteiger partial charge in [0.25, 0.3) is 0 Å². The van der Waals surface area contributed by atoms with Gasteiger partial charge in [0.2, 0.25) is 0 Å². The highest BCUT2D eigenvalue weighted by Crippen LogP contribution is 2.23. The van der Waals surface area contributed by atoms with Crippen molar-refractivity contribution in [2.24, 2.45) is 0 Å². The molecule has 2 atom stereocenters. The van der Waals surface area contributed by atoms with Crippen LogP contribution in [0.2, 0.25) is 0 Å². The van der Waals surface area contributed by atoms with Gasteiger partial charge in [0.05, 0.1) is 17.8 Å². The maximum Gasteiger partial charge on any atom is 0.194 e. The van der Waals surface area contributed by atoms with E-state index < -0.39 is 23.0 Å². The van der Waals surface area contributed by atoms with E-state index in [1.165, 1.54) is 6.07 Å². The summed E-state index contributed by atoms with van der Waals surface area (Å²) in [7, 11) is 1.65. The first kappa shape index (κ1) is 15.1. The van der Waals surface area contributed by atoms with Crippen molar-refractivity contribution in [3.8, 4) is 0 Å². The van der Waals surface area contributed by atoms with Crippen LogP contribution in [0.5, 0.6) is 0 Å². The van der Waals surface area contributed by atoms with Gasteiger partial charge in [0.15, 0.2) is 5.78 Å². The molecule has 3 nitrogen and oxygen atoms in total. The average molecular weight is 284 g/mol. The number of rotatable bonds is 5. The lowest BCUT2D eigenvalue weighted by Gasteiger charge is -2.28. The van der Waals surface area contributed by atoms with Gasteiger partial charge in [-0.1, -0.05) is 6.07 Å². The van der Waals surface area contributed by atoms with Crippen LogP contribution in [0.15, 0.2) is 18.2 Å². The number of benzene rings is 1. The molecule has 0 radical (unpaired) electrons. The predicted molar refractivity (Wildman–Crippen MR) is 69.7 cm³/mol. The normalized spacial score (nSPS) is 22.8. The van der Waals surface area contributed by atoms with Crippen LogP contribution in [0.4, 0.5) is 8.78 Å². The molecule has 0 N–H and O–H groups in total. The molecule has 0 aliphatic heterocycles. The number of Topliss-reactive ketones (excluding diaryl/α,β-unsaturated/α-hetero) is 1. The summed E-state index contributed by atoms with van der Waals surface area (Å²) >= 11 is 0. The molecule has 0 amide bonds. The number of carbonyl (C=O) groups excluding carboxylic acids is 1. The first-order valence-electron chi connectivity index (χ1n) is 6.73. The van der Waals surface area contributed by atoms with Gasteiger partial charge in [-0.3, -0.25) is 4.79 Å². The number of hydrogen-bond acceptors (Lipinski definition) is 3. The van der Waals surface area contributed by atoms with Crippen molar-refractivity contribution in [3.63, 3.8) is 0 Å². The van der Waals surface area contributed by atoms with Gasteiger partial charge in [-0.05, 0) is 37.8 Å². The zero-order valence-corrected chi connectivity index (χ0v) is 11.4. The summed E-state index contributed by atoms with van der Waals surface area (Å²) in [6.45, 7) is -0.307. The highest BCUT2D eigenvalue weighted by atomic mass is 19.1. The van der Waals surface area contributed by atoms with Crippen LogP contribution < -0.4 is 0 Å². The van der Waals surface area contributed by atoms with Gasteiger partial charge in [-0.15, -0.1) is 0 Å². The lowest BCUT2D eigenvalue weighted by atomic mass is 9.95. The number of hydrogen-bond donors (Lipinski definition) is 0. The van der Waals surface area contributed by atoms with Crippen LogP contribution >= 0.6 is 0 Å². The average Bonchev–Trinajstić information content (AvgIpc) is 2.45. The van der Waals surface area contributed by atoms with Crippen LogP contribution in [-0.4, -0.2) is 31.7 Å². The topological polar surface area (TPSA) is 35.5 Å². The fourth-order valence-corrected chi connectivity index (χ4v) is 2.50. The van der Waals surface area contributed by atoms with E-state index in [1.54, 1.807) is 7.11 Å². The summed E-state index contributed by atoms with van der Waals surface area (Å²) in [4.78, 5) is 11.8. The molecule has 1 saturated carbocycles. The van der Waals surface area contributed by atoms with Crippen molar-refractivity contribution in [2.45, 2.75) is 37.9 Å². The molecular formula is C15H18F2O3. The van der Waals surface area contributed by atoms with E-state index in [4.69, 9.17) is 9.47 Å². The van der Waals surface area contributed by atoms with Gasteiger partial charge in [-0.25, -0.2) is 8.78 Å². The Kier molecular flexibility index (Phi) is 5.20. The molecule has 20 heavy (non-hydrogen) atoms. The summed E-state index contributed by atoms with van der Waals surface area (Å²) in [5.41, 5.74) is -0.522. The van der Waals surface area contributed by atoms with E-state index in [-0.39, 0.29) is 18.8 Å². The smallest absolute Gasteiger partial charge is 0.194 e. The predicted octanol–water partition coefficient (Wildman–Crippen LogP) is 3.12. The Morgan fingerprint density at radius 1 is 1.25 bits per heavy atom. The Bertz CT molecular complexity index is 456. The van der Waals surface area contributed by atoms with Gasteiger partial charge >= 0.3 is 0 Å². The van der Waals surface area contributed by atoms with Crippen LogP contribution in [0.3, 0.4) is 0 Å². The number of carbonyl (C=O) groups is 1. The SMILES string of the molecule is COC1CCCC(OCC(=O)c2c(F)cccc2F)C1. The molecule has 2 rings (SSSR count). The highest BCUT2D eigenvalue weighted by molar-refractivity contribution is 5.97. The second-order valence-electron chi connectivity index (χ2n) is 4.98. The molecule has 1 fully saturated rings. The monoisotopic (exact) mass is 284 g/mol. The Labute approximate surface area is 116 Å². The molecule has 0 bridgehead atoms. The second-order valence-corrected chi connectivity index (χ2v) is 4.98. The Morgan fingerprint density at radius 2 is 1.90 bits per heavy atom. The summed E-state index contributed by atoms with van der Waals surface area (Å²) < 4.78 is 37.6. The number of ether oxygens (including phenoxy) is 2. The molecule has 5 heteroatoms. The Morgan fingerprint density at radius 3 is 2.55 bits per heavy atom. The van der Waals surface area contributed by atoms with Gasteiger partial charge in [-0.2, -0.15) is 0 Å². The van der Waals surface area contributed by atoms with Crippen LogP contribution in [0, 0.1) is 11.6 Å². The molecule has 2 unspecified atom stereocenters. The maximum absolute atomic E-state index is 13.4. The summed E-state index contributed by atoms with van der Waals surface area (Å²) in [5.74, 6) is -2.37. The van der Waals surface area contributed by atoms with Crippen molar-refractivity contribution in [3.05, 3.63) is 35.4 Å². The molecular weight excluding hydrogens is 266 g/mol. The third kappa shape index (κ3) is 3.61. The first-order valence-corrected chi connectivity index (χ1v) is 6.73. The van der Waals surface area contributed by atoms with E-state index in [2.05, 4.69) is 0 Å². The molecule has 1 aromatic carbocycles. The molecule has 1 aliphatic rings. The van der Waals surface area contributed by atoms with Crippen molar-refractivity contribution < 1.29 is 23.0 Å². The summed E-state index contributed by atoms with van der Waals surface area (Å²) in [6, 6.07) is 3.36. The van der Waals surface area contributed by atoms with E-state index in [1.807, 2.05) is 0 Å². The minimum Gasteiger partial charge on any atom is -0.381 e. The van der Waals surface area contributed by atoms with Crippen molar-refractivity contribution in [1.29, 1.82) is 0 Å². The standard InChI is InChI=1S/C15H18F2O3/c1-19-10-4-2-5-11(8-10)20-9-14(18)15-12(16)6-3-7-13(15)17/h3,6-7,10-11H,2,4-5,8-9H2,1H3. The minimum absolute atomic E-state index is 0.0903. The van der Waals surface area contributed by atoms with E-state index in [0.29, 0.717) is 6.42 Å². The van der Waals surface area contributed by atoms with Gasteiger partial charge in [0.1, 0.15) is 18.2 Å². The van der Waals surface area contributed by atoms with Crippen molar-refractivity contribution in [1.82, 2.24) is 0 Å². The highest BCUT2D eigenvalue weighted by Gasteiger charge is 2.24. The maximum atomic E-state index is 13.4. The molecule has 1 aliphatic carbocycles. The Hall–Kier alpha value is -1.33. The zero-order valence-electron chi connectivity index (χ0n) is 11.4. The number of methoxy groups -OCH3 is 1. The first-order chi connectivity index (χ1) is 9.61. The van der Waals surface area contributed by atoms with Crippen molar-refractivity contribution >= 4 is 5.78 Å². The van der Waals surface area contributed by atoms with Gasteiger partial charge < -0.3 is 9.47 Å². The molecule has 1 aromatic rings. The van der Waals surface area contributed by atoms with Crippen LogP contribution in [0.25, 0.3) is 0 Å². The molecule has 0 saturated heterocycles.